The van der Waals surface area contributed by atoms with Crippen LogP contribution in [0.2, 0.25) is 0 Å². The molecule has 2 aliphatic heterocycles. The van der Waals surface area contributed by atoms with Gasteiger partial charge in [-0.25, -0.2) is 13.2 Å². The lowest BCUT2D eigenvalue weighted by Crippen LogP contribution is -2.60. The van der Waals surface area contributed by atoms with Crippen LogP contribution in [0, 0.1) is 41.4 Å². The van der Waals surface area contributed by atoms with Crippen LogP contribution < -0.4 is 10.6 Å². The Balaban J connectivity index is 1.56. The van der Waals surface area contributed by atoms with Gasteiger partial charge in [0.05, 0.1) is 11.8 Å². The fourth-order valence-electron chi connectivity index (χ4n) is 8.48. The summed E-state index contributed by atoms with van der Waals surface area (Å²) in [6, 6.07) is -2.65. The molecule has 4 fully saturated rings. The van der Waals surface area contributed by atoms with Gasteiger partial charge in [-0.3, -0.25) is 19.2 Å². The molecule has 0 aromatic rings. The van der Waals surface area contributed by atoms with Crippen LogP contribution in [-0.4, -0.2) is 90.4 Å². The van der Waals surface area contributed by atoms with Gasteiger partial charge in [0.15, 0.2) is 11.6 Å². The minimum absolute atomic E-state index is 0.0303. The molecule has 3 amide bonds. The van der Waals surface area contributed by atoms with E-state index in [9.17, 15) is 32.4 Å². The van der Waals surface area contributed by atoms with Crippen molar-refractivity contribution in [2.45, 2.75) is 129 Å². The molecule has 278 valence electrons. The topological polar surface area (TPSA) is 150 Å². The summed E-state index contributed by atoms with van der Waals surface area (Å²) in [5.74, 6) is 0.109. The fraction of sp³-hybridized carbons (Fsp3) is 0.763. The van der Waals surface area contributed by atoms with Crippen LogP contribution >= 0.6 is 0 Å². The second-order valence-electron chi connectivity index (χ2n) is 16.0. The molecule has 0 aromatic carbocycles. The molecule has 4 aliphatic rings. The Labute approximate surface area is 299 Å². The highest BCUT2D eigenvalue weighted by Crippen LogP contribution is 2.44. The van der Waals surface area contributed by atoms with Crippen LogP contribution in [0.3, 0.4) is 0 Å². The zero-order valence-corrected chi connectivity index (χ0v) is 31.1. The quantitative estimate of drug-likeness (QED) is 0.137. The molecule has 0 aromatic heterocycles. The average Bonchev–Trinajstić information content (AvgIpc) is 3.77. The van der Waals surface area contributed by atoms with Crippen molar-refractivity contribution in [2.24, 2.45) is 29.1 Å². The lowest BCUT2D eigenvalue weighted by atomic mass is 9.82. The number of amides is 3. The molecule has 0 radical (unpaired) electrons. The SMILES string of the molecule is C#CCCC(CC(=O)[C@@H]1[C@H]2CCC[C@H]2CN1C(=O)[C@@H](NC(=O)N[C@H](CN1CCCS1(=O)=O)C(C)(C)C)C1CCCCC1)C(=O)C(=O)CCC=C. The third-order valence-electron chi connectivity index (χ3n) is 11.4. The van der Waals surface area contributed by atoms with Crippen LogP contribution in [0.1, 0.15) is 111 Å². The number of carbonyl (C=O) groups is 5. The number of Topliss-reactive ketones (excluding diaryl/α,β-unsaturated/α-hetero) is 3. The number of carbonyl (C=O) groups excluding carboxylic acids is 5. The fourth-order valence-corrected chi connectivity index (χ4v) is 10.0. The van der Waals surface area contributed by atoms with Gasteiger partial charge in [-0.15, -0.1) is 18.9 Å². The summed E-state index contributed by atoms with van der Waals surface area (Å²) in [7, 11) is -3.38. The molecule has 2 aliphatic carbocycles. The van der Waals surface area contributed by atoms with Gasteiger partial charge in [0.2, 0.25) is 21.7 Å². The zero-order chi connectivity index (χ0) is 36.6. The van der Waals surface area contributed by atoms with E-state index in [0.29, 0.717) is 25.9 Å². The monoisotopic (exact) mass is 714 g/mol. The van der Waals surface area contributed by atoms with Crippen molar-refractivity contribution in [3.63, 3.8) is 0 Å². The molecule has 2 saturated carbocycles. The average molecular weight is 715 g/mol. The molecular weight excluding hydrogens is 657 g/mol. The molecule has 6 atom stereocenters. The normalized spacial score (nSPS) is 25.6. The van der Waals surface area contributed by atoms with Crippen LogP contribution in [-0.2, 0) is 29.2 Å². The third-order valence-corrected chi connectivity index (χ3v) is 13.3. The van der Waals surface area contributed by atoms with E-state index >= 15 is 0 Å². The Kier molecular flexibility index (Phi) is 13.9. The summed E-state index contributed by atoms with van der Waals surface area (Å²) >= 11 is 0. The number of nitrogens with one attached hydrogen (secondary N) is 2. The predicted octanol–water partition coefficient (Wildman–Crippen LogP) is 4.41. The van der Waals surface area contributed by atoms with E-state index in [1.807, 2.05) is 20.8 Å². The molecular formula is C38H58N4O7S. The Morgan fingerprint density at radius 3 is 2.34 bits per heavy atom. The first-order valence-electron chi connectivity index (χ1n) is 18.7. The van der Waals surface area contributed by atoms with Crippen LogP contribution in [0.5, 0.6) is 0 Å². The molecule has 0 spiro atoms. The molecule has 2 heterocycles. The Morgan fingerprint density at radius 2 is 1.72 bits per heavy atom. The van der Waals surface area contributed by atoms with E-state index in [0.717, 1.165) is 51.4 Å². The maximum absolute atomic E-state index is 14.7. The number of urea groups is 1. The van der Waals surface area contributed by atoms with Crippen LogP contribution in [0.4, 0.5) is 4.79 Å². The van der Waals surface area contributed by atoms with Gasteiger partial charge in [-0.2, -0.15) is 4.31 Å². The van der Waals surface area contributed by atoms with Crippen molar-refractivity contribution in [1.29, 1.82) is 0 Å². The van der Waals surface area contributed by atoms with E-state index in [2.05, 4.69) is 23.1 Å². The Hall–Kier alpha value is -3.04. The standard InChI is InChI=1S/C38H58N4O7S/c1-6-8-15-27(35(45)30(43)20-9-7-2)23-31(44)34-29-19-13-18-28(29)24-42(34)36(46)33(26-16-11-10-12-17-26)40-37(47)39-32(38(3,4)5)25-41-21-14-22-50(41,48)49/h1,7,26-29,32-34H,2,8-25H2,3-5H3,(H2,39,40,47)/t27?,28-,29-,32+,33-,34-/m0/s1. The maximum atomic E-state index is 14.7. The summed E-state index contributed by atoms with van der Waals surface area (Å²) in [6.45, 7) is 10.4. The number of fused-ring (bicyclic) bond motifs is 1. The number of sulfonamides is 1. The van der Waals surface area contributed by atoms with Crippen LogP contribution in [0.25, 0.3) is 0 Å². The second-order valence-corrected chi connectivity index (χ2v) is 18.0. The molecule has 2 saturated heterocycles. The summed E-state index contributed by atoms with van der Waals surface area (Å²) in [5.41, 5.74) is -0.468. The highest BCUT2D eigenvalue weighted by molar-refractivity contribution is 7.89. The minimum atomic E-state index is -3.38. The van der Waals surface area contributed by atoms with E-state index in [-0.39, 0.29) is 67.4 Å². The Bertz CT molecular complexity index is 1420. The molecule has 4 rings (SSSR count). The largest absolute Gasteiger partial charge is 0.334 e. The maximum Gasteiger partial charge on any atom is 0.315 e. The van der Waals surface area contributed by atoms with Crippen molar-refractivity contribution in [1.82, 2.24) is 19.8 Å². The van der Waals surface area contributed by atoms with Gasteiger partial charge in [-0.1, -0.05) is 52.5 Å². The van der Waals surface area contributed by atoms with E-state index in [4.69, 9.17) is 6.42 Å². The van der Waals surface area contributed by atoms with Crippen molar-refractivity contribution < 1.29 is 32.4 Å². The van der Waals surface area contributed by atoms with Gasteiger partial charge < -0.3 is 15.5 Å². The molecule has 12 heteroatoms. The van der Waals surface area contributed by atoms with Gasteiger partial charge in [-0.05, 0) is 68.1 Å². The summed E-state index contributed by atoms with van der Waals surface area (Å²) in [6.07, 6.45) is 15.4. The first kappa shape index (κ1) is 39.7. The minimum Gasteiger partial charge on any atom is -0.334 e. The predicted molar refractivity (Wildman–Crippen MR) is 192 cm³/mol. The van der Waals surface area contributed by atoms with Gasteiger partial charge in [0, 0.05) is 50.9 Å². The first-order chi connectivity index (χ1) is 23.7. The molecule has 11 nitrogen and oxygen atoms in total. The number of hydrogen-bond donors (Lipinski definition) is 2. The van der Waals surface area contributed by atoms with Crippen molar-refractivity contribution >= 4 is 39.3 Å². The smallest absolute Gasteiger partial charge is 0.315 e. The summed E-state index contributed by atoms with van der Waals surface area (Å²) in [5, 5.41) is 6.02. The summed E-state index contributed by atoms with van der Waals surface area (Å²) in [4.78, 5) is 70.2. The molecule has 1 unspecified atom stereocenters. The number of ketones is 3. The third kappa shape index (κ3) is 9.84. The molecule has 2 N–H and O–H groups in total. The van der Waals surface area contributed by atoms with E-state index in [1.54, 1.807) is 11.0 Å². The number of nitrogens with zero attached hydrogens (tertiary/aromatic N) is 2. The number of rotatable bonds is 16. The number of hydrogen-bond acceptors (Lipinski definition) is 7. The van der Waals surface area contributed by atoms with E-state index < -0.39 is 57.1 Å². The van der Waals surface area contributed by atoms with Crippen LogP contribution in [0.15, 0.2) is 12.7 Å². The Morgan fingerprint density at radius 1 is 1.00 bits per heavy atom. The number of likely N-dealkylation sites (tertiary alicyclic amines) is 1. The number of terminal acetylenes is 1. The second kappa shape index (κ2) is 17.5. The van der Waals surface area contributed by atoms with Gasteiger partial charge >= 0.3 is 6.03 Å². The molecule has 50 heavy (non-hydrogen) atoms. The van der Waals surface area contributed by atoms with Gasteiger partial charge in [0.1, 0.15) is 6.04 Å². The van der Waals surface area contributed by atoms with Crippen molar-refractivity contribution in [3.05, 3.63) is 12.7 Å². The van der Waals surface area contributed by atoms with Crippen molar-refractivity contribution in [2.75, 3.05) is 25.4 Å². The number of allylic oxidation sites excluding steroid dienone is 1. The first-order valence-corrected chi connectivity index (χ1v) is 20.3. The highest BCUT2D eigenvalue weighted by Gasteiger charge is 2.51. The molecule has 0 bridgehead atoms. The summed E-state index contributed by atoms with van der Waals surface area (Å²) < 4.78 is 26.6. The van der Waals surface area contributed by atoms with Gasteiger partial charge in [0.25, 0.3) is 0 Å². The lowest BCUT2D eigenvalue weighted by molar-refractivity contribution is -0.143. The van der Waals surface area contributed by atoms with Crippen molar-refractivity contribution in [3.8, 4) is 12.3 Å². The zero-order valence-electron chi connectivity index (χ0n) is 30.3. The highest BCUT2D eigenvalue weighted by atomic mass is 32.2. The lowest BCUT2D eigenvalue weighted by Gasteiger charge is -2.37. The van der Waals surface area contributed by atoms with E-state index in [1.165, 1.54) is 4.31 Å².